The number of carbonyl (C=O) groups is 9. The van der Waals surface area contributed by atoms with Crippen LogP contribution >= 0.6 is 34.8 Å². The van der Waals surface area contributed by atoms with E-state index in [1.165, 1.54) is 0 Å². The summed E-state index contributed by atoms with van der Waals surface area (Å²) in [5.74, 6) is -6.11. The maximum atomic E-state index is 14.2. The summed E-state index contributed by atoms with van der Waals surface area (Å²) in [5.41, 5.74) is 25.2. The molecule has 0 aromatic heterocycles. The van der Waals surface area contributed by atoms with Gasteiger partial charge in [-0.1, -0.05) is 24.3 Å². The van der Waals surface area contributed by atoms with Crippen LogP contribution in [0.4, 0.5) is 10.5 Å². The Balaban J connectivity index is 1.33. The molecule has 1 heterocycles. The highest BCUT2D eigenvalue weighted by molar-refractivity contribution is 14.1. The minimum absolute atomic E-state index is 0.00381. The van der Waals surface area contributed by atoms with E-state index in [4.69, 9.17) is 40.3 Å². The van der Waals surface area contributed by atoms with Crippen LogP contribution in [0.5, 0.6) is 0 Å². The maximum absolute atomic E-state index is 14.2. The van der Waals surface area contributed by atoms with E-state index in [9.17, 15) is 53.4 Å². The number of carbonyl (C=O) groups excluding carboxylic acids is 6. The number of hydrogen-bond donors (Lipinski definition) is 11. The standard InChI is InChI=1S/C51H76IN13O12S/c52-37-12-6-35(7-13-37)27-65(18-2-1-3-40(48(73)74)59-50(77)60-41(49(75)76)16-17-46(70)71)47(72)36-10-4-34(5-11-36)26-57-51(78)58-38-14-8-33(9-15-38)25-39-28-63(31-44(55)68)22-21-61(29-42(53)66)19-20-62(30-43(54)67)23-24-64(39)32-45(56)69/h6-9,12-15,34,36,39-41H,1-5,10-11,16-32H2,(H2,53,66)(H2,54,67)(H2,55,68)(H2,56,69)(H,70,71)(H,73,74)(H,75,76)(H2,57,58,78)(H2,59,60,77)/t34?,36?,39?,40-,41-/m1/s1. The minimum Gasteiger partial charge on any atom is -0.481 e. The van der Waals surface area contributed by atoms with Gasteiger partial charge in [0.05, 0.1) is 26.2 Å². The Bertz CT molecular complexity index is 2360. The average Bonchev–Trinajstić information content (AvgIpc) is 3.37. The predicted molar refractivity (Wildman–Crippen MR) is 301 cm³/mol. The summed E-state index contributed by atoms with van der Waals surface area (Å²) in [6.45, 7) is 3.66. The summed E-state index contributed by atoms with van der Waals surface area (Å²) in [6.07, 6.45) is 3.22. The Hall–Kier alpha value is -6.27. The molecule has 7 amide bonds. The first-order valence-electron chi connectivity index (χ1n) is 26.0. The molecule has 2 aliphatic rings. The fraction of sp³-hybridized carbons (Fsp3) is 0.569. The van der Waals surface area contributed by atoms with Gasteiger partial charge in [0.1, 0.15) is 12.1 Å². The third kappa shape index (κ3) is 24.6. The summed E-state index contributed by atoms with van der Waals surface area (Å²) in [7, 11) is 0. The SMILES string of the molecule is NC(=O)CN1CCN(CC(N)=O)CCN(CC(N)=O)C(Cc2ccc(NC(=S)NCC3CCC(C(=O)N(CCCC[C@@H](NC(=O)N[C@H](CCC(=O)O)C(=O)O)C(=O)O)Cc4ccc(I)cc4)CC3)cc2)CN(CC(N)=O)CC1. The van der Waals surface area contributed by atoms with E-state index in [2.05, 4.69) is 43.9 Å². The van der Waals surface area contributed by atoms with Crippen molar-refractivity contribution in [3.8, 4) is 0 Å². The van der Waals surface area contributed by atoms with Gasteiger partial charge >= 0.3 is 23.9 Å². The number of nitrogens with zero attached hydrogens (tertiary/aromatic N) is 5. The number of unbranched alkanes of at least 4 members (excludes halogenated alkanes) is 1. The number of hydrogen-bond acceptors (Lipinski definition) is 14. The van der Waals surface area contributed by atoms with Crippen LogP contribution < -0.4 is 44.2 Å². The normalized spacial score (nSPS) is 18.9. The van der Waals surface area contributed by atoms with Crippen molar-refractivity contribution >= 4 is 99.1 Å². The maximum Gasteiger partial charge on any atom is 0.326 e. The number of amides is 7. The van der Waals surface area contributed by atoms with Crippen molar-refractivity contribution in [2.75, 3.05) is 90.4 Å². The fourth-order valence-electron chi connectivity index (χ4n) is 9.62. The molecule has 1 unspecified atom stereocenters. The second-order valence-electron chi connectivity index (χ2n) is 19.9. The lowest BCUT2D eigenvalue weighted by Gasteiger charge is -2.38. The molecule has 0 bridgehead atoms. The third-order valence-electron chi connectivity index (χ3n) is 13.7. The lowest BCUT2D eigenvalue weighted by molar-refractivity contribution is -0.141. The number of thiocarbonyl (C=S) groups is 1. The number of urea groups is 1. The molecular weight excluding hydrogens is 1150 g/mol. The highest BCUT2D eigenvalue weighted by Gasteiger charge is 2.31. The second-order valence-corrected chi connectivity index (χ2v) is 21.6. The number of nitrogens with two attached hydrogens (primary N) is 4. The van der Waals surface area contributed by atoms with Crippen molar-refractivity contribution in [3.63, 3.8) is 0 Å². The zero-order valence-corrected chi connectivity index (χ0v) is 46.8. The van der Waals surface area contributed by atoms with Crippen molar-refractivity contribution in [1.82, 2.24) is 40.4 Å². The summed E-state index contributed by atoms with van der Waals surface area (Å²) in [4.78, 5) is 119. The lowest BCUT2D eigenvalue weighted by Crippen LogP contribution is -2.54. The van der Waals surface area contributed by atoms with E-state index < -0.39 is 66.1 Å². The van der Waals surface area contributed by atoms with Gasteiger partial charge < -0.3 is 64.4 Å². The van der Waals surface area contributed by atoms with Crippen molar-refractivity contribution in [3.05, 3.63) is 63.2 Å². The van der Waals surface area contributed by atoms with Gasteiger partial charge in [-0.15, -0.1) is 0 Å². The Labute approximate surface area is 473 Å². The highest BCUT2D eigenvalue weighted by Crippen LogP contribution is 2.31. The van der Waals surface area contributed by atoms with Gasteiger partial charge in [0.25, 0.3) is 0 Å². The molecule has 1 aliphatic carbocycles. The number of benzene rings is 2. The minimum atomic E-state index is -1.52. The summed E-state index contributed by atoms with van der Waals surface area (Å²) >= 11 is 7.90. The summed E-state index contributed by atoms with van der Waals surface area (Å²) in [6, 6.07) is 11.2. The zero-order valence-electron chi connectivity index (χ0n) is 43.8. The molecule has 2 aromatic rings. The van der Waals surface area contributed by atoms with Gasteiger partial charge in [0.15, 0.2) is 5.11 Å². The first-order chi connectivity index (χ1) is 37.0. The van der Waals surface area contributed by atoms with E-state index in [1.807, 2.05) is 68.1 Å². The second kappa shape index (κ2) is 33.2. The molecule has 1 saturated carbocycles. The molecular formula is C51H76IN13O12S. The van der Waals surface area contributed by atoms with Gasteiger partial charge in [0.2, 0.25) is 29.5 Å². The van der Waals surface area contributed by atoms with Crippen LogP contribution in [0.1, 0.15) is 68.9 Å². The fourth-order valence-corrected chi connectivity index (χ4v) is 10.2. The molecule has 2 fully saturated rings. The first-order valence-corrected chi connectivity index (χ1v) is 27.5. The Morgan fingerprint density at radius 2 is 1.17 bits per heavy atom. The van der Waals surface area contributed by atoms with E-state index >= 15 is 0 Å². The van der Waals surface area contributed by atoms with Crippen molar-refractivity contribution in [2.24, 2.45) is 34.8 Å². The number of anilines is 1. The van der Waals surface area contributed by atoms with Crippen LogP contribution in [0.2, 0.25) is 0 Å². The monoisotopic (exact) mass is 1220 g/mol. The van der Waals surface area contributed by atoms with Gasteiger partial charge in [-0.05, 0) is 134 Å². The van der Waals surface area contributed by atoms with Crippen LogP contribution in [0.3, 0.4) is 0 Å². The number of carboxylic acid groups (broad SMARTS) is 3. The number of aliphatic carboxylic acids is 3. The molecule has 0 radical (unpaired) electrons. The number of carboxylic acids is 3. The predicted octanol–water partition coefficient (Wildman–Crippen LogP) is -0.273. The molecule has 78 heavy (non-hydrogen) atoms. The van der Waals surface area contributed by atoms with Crippen molar-refractivity contribution in [1.29, 1.82) is 0 Å². The van der Waals surface area contributed by atoms with E-state index in [1.54, 1.807) is 4.90 Å². The molecule has 25 nitrogen and oxygen atoms in total. The molecule has 2 aromatic carbocycles. The zero-order chi connectivity index (χ0) is 57.3. The molecule has 1 aliphatic heterocycles. The summed E-state index contributed by atoms with van der Waals surface area (Å²) in [5, 5.41) is 39.5. The highest BCUT2D eigenvalue weighted by atomic mass is 127. The smallest absolute Gasteiger partial charge is 0.326 e. The Morgan fingerprint density at radius 3 is 1.71 bits per heavy atom. The molecule has 15 N–H and O–H groups in total. The van der Waals surface area contributed by atoms with E-state index in [0.717, 1.165) is 33.2 Å². The molecule has 430 valence electrons. The molecule has 27 heteroatoms. The van der Waals surface area contributed by atoms with Crippen LogP contribution in [0.25, 0.3) is 0 Å². The van der Waals surface area contributed by atoms with Crippen LogP contribution in [-0.2, 0) is 51.3 Å². The molecule has 3 atom stereocenters. The van der Waals surface area contributed by atoms with Gasteiger partial charge in [-0.25, -0.2) is 14.4 Å². The largest absolute Gasteiger partial charge is 0.481 e. The molecule has 4 rings (SSSR count). The first kappa shape index (κ1) is 64.3. The van der Waals surface area contributed by atoms with Crippen molar-refractivity contribution < 1.29 is 58.5 Å². The molecule has 0 spiro atoms. The Morgan fingerprint density at radius 1 is 0.654 bits per heavy atom. The molecule has 1 saturated heterocycles. The number of nitrogens with one attached hydrogen (secondary N) is 4. The lowest BCUT2D eigenvalue weighted by atomic mass is 9.81. The van der Waals surface area contributed by atoms with Gasteiger partial charge in [-0.2, -0.15) is 0 Å². The third-order valence-corrected chi connectivity index (χ3v) is 14.7. The van der Waals surface area contributed by atoms with E-state index in [-0.39, 0.29) is 62.8 Å². The van der Waals surface area contributed by atoms with Crippen LogP contribution in [0, 0.1) is 15.4 Å². The number of halogens is 1. The number of rotatable bonds is 28. The summed E-state index contributed by atoms with van der Waals surface area (Å²) < 4.78 is 1.04. The van der Waals surface area contributed by atoms with Gasteiger partial charge in [-0.3, -0.25) is 48.4 Å². The number of primary amides is 4. The average molecular weight is 1220 g/mol. The Kier molecular flexibility index (Phi) is 27.4. The van der Waals surface area contributed by atoms with Gasteiger partial charge in [0, 0.05) is 93.1 Å². The quantitative estimate of drug-likeness (QED) is 0.0297. The van der Waals surface area contributed by atoms with E-state index in [0.29, 0.717) is 103 Å². The topological polar surface area (TPSA) is 383 Å². The van der Waals surface area contributed by atoms with Crippen LogP contribution in [-0.4, -0.2) is 202 Å². The van der Waals surface area contributed by atoms with Crippen LogP contribution in [0.15, 0.2) is 48.5 Å². The van der Waals surface area contributed by atoms with Crippen molar-refractivity contribution in [2.45, 2.75) is 88.9 Å².